The van der Waals surface area contributed by atoms with Crippen LogP contribution in [0.5, 0.6) is 5.75 Å². The number of nitrogens with zero attached hydrogens (tertiary/aromatic N) is 1. The van der Waals surface area contributed by atoms with E-state index in [0.717, 1.165) is 12.0 Å². The summed E-state index contributed by atoms with van der Waals surface area (Å²) in [7, 11) is 1.56. The SMILES string of the molecule is COc1ccc(CCC(=O)N2CCCC(C)(C(=O)O)C2)cc1Cl. The molecule has 5 nitrogen and oxygen atoms in total. The Morgan fingerprint density at radius 1 is 1.43 bits per heavy atom. The number of ether oxygens (including phenoxy) is 1. The zero-order chi connectivity index (χ0) is 17.0. The van der Waals surface area contributed by atoms with Gasteiger partial charge in [-0.15, -0.1) is 0 Å². The lowest BCUT2D eigenvalue weighted by Gasteiger charge is -2.37. The van der Waals surface area contributed by atoms with Gasteiger partial charge < -0.3 is 14.7 Å². The fourth-order valence-electron chi connectivity index (χ4n) is 2.90. The Morgan fingerprint density at radius 2 is 2.17 bits per heavy atom. The second-order valence-electron chi connectivity index (χ2n) is 6.25. The van der Waals surface area contributed by atoms with Crippen LogP contribution in [0.4, 0.5) is 0 Å². The summed E-state index contributed by atoms with van der Waals surface area (Å²) < 4.78 is 5.10. The maximum atomic E-state index is 12.4. The van der Waals surface area contributed by atoms with Crippen molar-refractivity contribution < 1.29 is 19.4 Å². The van der Waals surface area contributed by atoms with Crippen molar-refractivity contribution in [2.24, 2.45) is 5.41 Å². The number of amides is 1. The van der Waals surface area contributed by atoms with Gasteiger partial charge in [0.25, 0.3) is 0 Å². The molecule has 23 heavy (non-hydrogen) atoms. The summed E-state index contributed by atoms with van der Waals surface area (Å²) in [6, 6.07) is 5.46. The van der Waals surface area contributed by atoms with Gasteiger partial charge in [-0.1, -0.05) is 17.7 Å². The van der Waals surface area contributed by atoms with Crippen molar-refractivity contribution in [1.82, 2.24) is 4.90 Å². The molecule has 0 spiro atoms. The van der Waals surface area contributed by atoms with Gasteiger partial charge in [0.15, 0.2) is 0 Å². The van der Waals surface area contributed by atoms with Gasteiger partial charge in [0.2, 0.25) is 5.91 Å². The molecule has 1 aliphatic rings. The molecule has 0 saturated carbocycles. The van der Waals surface area contributed by atoms with Gasteiger partial charge in [-0.2, -0.15) is 0 Å². The number of carbonyl (C=O) groups is 2. The lowest BCUT2D eigenvalue weighted by atomic mass is 9.82. The number of carboxylic acids is 1. The first-order valence-electron chi connectivity index (χ1n) is 7.69. The number of aliphatic carboxylic acids is 1. The molecule has 0 aromatic heterocycles. The summed E-state index contributed by atoms with van der Waals surface area (Å²) in [4.78, 5) is 25.4. The van der Waals surface area contributed by atoms with E-state index in [0.29, 0.717) is 36.6 Å². The Kier molecular flexibility index (Phi) is 5.52. The van der Waals surface area contributed by atoms with E-state index >= 15 is 0 Å². The highest BCUT2D eigenvalue weighted by Gasteiger charge is 2.39. The Bertz CT molecular complexity index is 604. The van der Waals surface area contributed by atoms with E-state index in [1.807, 2.05) is 6.07 Å². The number of carbonyl (C=O) groups excluding carboxylic acids is 1. The molecule has 1 amide bonds. The Hall–Kier alpha value is -1.75. The molecule has 0 radical (unpaired) electrons. The number of methoxy groups -OCH3 is 1. The predicted molar refractivity (Wildman–Crippen MR) is 87.9 cm³/mol. The molecule has 6 heteroatoms. The standard InChI is InChI=1S/C17H22ClNO4/c1-17(16(21)22)8-3-9-19(11-17)15(20)7-5-12-4-6-14(23-2)13(18)10-12/h4,6,10H,3,5,7-9,11H2,1-2H3,(H,21,22). The molecule has 0 aliphatic carbocycles. The molecular formula is C17H22ClNO4. The summed E-state index contributed by atoms with van der Waals surface area (Å²) in [5.74, 6) is -0.240. The second-order valence-corrected chi connectivity index (χ2v) is 6.66. The van der Waals surface area contributed by atoms with Crippen LogP contribution in [0.15, 0.2) is 18.2 Å². The lowest BCUT2D eigenvalue weighted by molar-refractivity contribution is -0.153. The molecule has 1 aliphatic heterocycles. The van der Waals surface area contributed by atoms with E-state index in [1.54, 1.807) is 31.1 Å². The average Bonchev–Trinajstić information content (AvgIpc) is 2.52. The average molecular weight is 340 g/mol. The van der Waals surface area contributed by atoms with Crippen LogP contribution in [-0.4, -0.2) is 42.1 Å². The highest BCUT2D eigenvalue weighted by molar-refractivity contribution is 6.32. The molecule has 2 rings (SSSR count). The van der Waals surface area contributed by atoms with Gasteiger partial charge in [-0.3, -0.25) is 9.59 Å². The normalized spacial score (nSPS) is 21.1. The van der Waals surface area contributed by atoms with Crippen molar-refractivity contribution in [2.45, 2.75) is 32.6 Å². The minimum absolute atomic E-state index is 0.0101. The van der Waals surface area contributed by atoms with Crippen LogP contribution in [-0.2, 0) is 16.0 Å². The van der Waals surface area contributed by atoms with E-state index in [9.17, 15) is 14.7 Å². The van der Waals surface area contributed by atoms with E-state index in [1.165, 1.54) is 0 Å². The van der Waals surface area contributed by atoms with Crippen molar-refractivity contribution in [3.63, 3.8) is 0 Å². The van der Waals surface area contributed by atoms with Crippen molar-refractivity contribution in [2.75, 3.05) is 20.2 Å². The van der Waals surface area contributed by atoms with Gasteiger partial charge in [-0.25, -0.2) is 0 Å². The first kappa shape index (κ1) is 17.6. The van der Waals surface area contributed by atoms with Gasteiger partial charge in [0.05, 0.1) is 17.5 Å². The van der Waals surface area contributed by atoms with Crippen LogP contribution in [0.2, 0.25) is 5.02 Å². The van der Waals surface area contributed by atoms with E-state index in [-0.39, 0.29) is 12.5 Å². The number of rotatable bonds is 5. The molecule has 1 heterocycles. The van der Waals surface area contributed by atoms with Crippen molar-refractivity contribution in [3.05, 3.63) is 28.8 Å². The van der Waals surface area contributed by atoms with Crippen molar-refractivity contribution >= 4 is 23.5 Å². The molecule has 1 fully saturated rings. The number of likely N-dealkylation sites (tertiary alicyclic amines) is 1. The Balaban J connectivity index is 1.94. The number of carboxylic acid groups (broad SMARTS) is 1. The summed E-state index contributed by atoms with van der Waals surface area (Å²) in [5.41, 5.74) is 0.124. The number of halogens is 1. The van der Waals surface area contributed by atoms with Crippen LogP contribution in [0, 0.1) is 5.41 Å². The van der Waals surface area contributed by atoms with E-state index in [2.05, 4.69) is 0 Å². The van der Waals surface area contributed by atoms with Crippen LogP contribution in [0.1, 0.15) is 31.7 Å². The lowest BCUT2D eigenvalue weighted by Crippen LogP contribution is -2.48. The maximum absolute atomic E-state index is 12.4. The highest BCUT2D eigenvalue weighted by Crippen LogP contribution is 2.30. The molecule has 1 atom stereocenters. The molecule has 1 N–H and O–H groups in total. The third-order valence-electron chi connectivity index (χ3n) is 4.41. The van der Waals surface area contributed by atoms with Crippen LogP contribution < -0.4 is 4.74 Å². The van der Waals surface area contributed by atoms with Gasteiger partial charge in [0, 0.05) is 19.5 Å². The van der Waals surface area contributed by atoms with Gasteiger partial charge in [0.1, 0.15) is 5.75 Å². The maximum Gasteiger partial charge on any atom is 0.311 e. The highest BCUT2D eigenvalue weighted by atomic mass is 35.5. The molecule has 1 aromatic carbocycles. The van der Waals surface area contributed by atoms with Crippen LogP contribution in [0.3, 0.4) is 0 Å². The smallest absolute Gasteiger partial charge is 0.311 e. The zero-order valence-electron chi connectivity index (χ0n) is 13.5. The Morgan fingerprint density at radius 3 is 2.78 bits per heavy atom. The Labute approximate surface area is 141 Å². The van der Waals surface area contributed by atoms with Crippen molar-refractivity contribution in [3.8, 4) is 5.75 Å². The summed E-state index contributed by atoms with van der Waals surface area (Å²) in [5, 5.41) is 9.84. The van der Waals surface area contributed by atoms with Gasteiger partial charge >= 0.3 is 5.97 Å². The summed E-state index contributed by atoms with van der Waals surface area (Å²) >= 11 is 6.08. The molecule has 1 aromatic rings. The predicted octanol–water partition coefficient (Wildman–Crippen LogP) is 2.99. The van der Waals surface area contributed by atoms with Crippen LogP contribution >= 0.6 is 11.6 Å². The summed E-state index contributed by atoms with van der Waals surface area (Å²) in [6.45, 7) is 2.62. The third kappa shape index (κ3) is 4.16. The minimum Gasteiger partial charge on any atom is -0.495 e. The third-order valence-corrected chi connectivity index (χ3v) is 4.70. The fourth-order valence-corrected chi connectivity index (χ4v) is 3.18. The first-order valence-corrected chi connectivity index (χ1v) is 8.07. The van der Waals surface area contributed by atoms with E-state index in [4.69, 9.17) is 16.3 Å². The monoisotopic (exact) mass is 339 g/mol. The first-order chi connectivity index (χ1) is 10.9. The molecule has 1 unspecified atom stereocenters. The second kappa shape index (κ2) is 7.21. The largest absolute Gasteiger partial charge is 0.495 e. The molecule has 0 bridgehead atoms. The summed E-state index contributed by atoms with van der Waals surface area (Å²) in [6.07, 6.45) is 2.25. The quantitative estimate of drug-likeness (QED) is 0.895. The number of piperidine rings is 1. The zero-order valence-corrected chi connectivity index (χ0v) is 14.2. The molecular weight excluding hydrogens is 318 g/mol. The topological polar surface area (TPSA) is 66.8 Å². The van der Waals surface area contributed by atoms with Gasteiger partial charge in [-0.05, 0) is 43.9 Å². The number of benzene rings is 1. The fraction of sp³-hybridized carbons (Fsp3) is 0.529. The minimum atomic E-state index is -0.836. The molecule has 126 valence electrons. The van der Waals surface area contributed by atoms with Crippen LogP contribution in [0.25, 0.3) is 0 Å². The van der Waals surface area contributed by atoms with Crippen molar-refractivity contribution in [1.29, 1.82) is 0 Å². The number of hydrogen-bond acceptors (Lipinski definition) is 3. The number of aryl methyl sites for hydroxylation is 1. The number of hydrogen-bond donors (Lipinski definition) is 1. The molecule has 1 saturated heterocycles. The van der Waals surface area contributed by atoms with E-state index < -0.39 is 11.4 Å².